The summed E-state index contributed by atoms with van der Waals surface area (Å²) >= 11 is 0. The molecule has 0 atom stereocenters. The Bertz CT molecular complexity index is 732. The summed E-state index contributed by atoms with van der Waals surface area (Å²) in [5.41, 5.74) is 2.82. The van der Waals surface area contributed by atoms with Crippen LogP contribution in [0, 0.1) is 0 Å². The molecule has 3 heterocycles. The summed E-state index contributed by atoms with van der Waals surface area (Å²) in [6.45, 7) is 6.22. The summed E-state index contributed by atoms with van der Waals surface area (Å²) in [5, 5.41) is 14.9. The quantitative estimate of drug-likeness (QED) is 0.713. The van der Waals surface area contributed by atoms with Crippen LogP contribution >= 0.6 is 0 Å². The van der Waals surface area contributed by atoms with E-state index in [2.05, 4.69) is 51.2 Å². The molecule has 0 bridgehead atoms. The molecule has 98 valence electrons. The maximum absolute atomic E-state index is 4.65. The molecular formula is C12H15N7. The number of hydrogen-bond donors (Lipinski definition) is 1. The van der Waals surface area contributed by atoms with Crippen LogP contribution < -0.4 is 0 Å². The second-order valence-corrected chi connectivity index (χ2v) is 5.49. The van der Waals surface area contributed by atoms with Crippen molar-refractivity contribution in [3.8, 4) is 11.4 Å². The molecule has 0 radical (unpaired) electrons. The molecule has 7 nitrogen and oxygen atoms in total. The molecule has 3 aromatic rings. The zero-order chi connectivity index (χ0) is 13.6. The molecule has 0 fully saturated rings. The number of aromatic amines is 1. The summed E-state index contributed by atoms with van der Waals surface area (Å²) in [7, 11) is 1.88. The SMILES string of the molecule is Cn1nccc1-c1nc(C(C)(C)C)nc2[nH]nnc12. The average molecular weight is 257 g/mol. The molecule has 1 N–H and O–H groups in total. The van der Waals surface area contributed by atoms with Crippen LogP contribution in [0.4, 0.5) is 0 Å². The highest BCUT2D eigenvalue weighted by Crippen LogP contribution is 2.26. The molecule has 0 spiro atoms. The van der Waals surface area contributed by atoms with Crippen molar-refractivity contribution in [2.75, 3.05) is 0 Å². The number of fused-ring (bicyclic) bond motifs is 1. The van der Waals surface area contributed by atoms with Crippen molar-refractivity contribution in [2.24, 2.45) is 7.05 Å². The van der Waals surface area contributed by atoms with Gasteiger partial charge in [-0.2, -0.15) is 5.10 Å². The minimum Gasteiger partial charge on any atom is -0.266 e. The van der Waals surface area contributed by atoms with Gasteiger partial charge in [-0.25, -0.2) is 15.1 Å². The average Bonchev–Trinajstić information content (AvgIpc) is 2.94. The number of H-pyrrole nitrogens is 1. The summed E-state index contributed by atoms with van der Waals surface area (Å²) in [4.78, 5) is 9.14. The van der Waals surface area contributed by atoms with Crippen molar-refractivity contribution in [1.82, 2.24) is 35.2 Å². The van der Waals surface area contributed by atoms with Crippen molar-refractivity contribution in [3.05, 3.63) is 18.1 Å². The molecule has 0 amide bonds. The highest BCUT2D eigenvalue weighted by molar-refractivity contribution is 5.85. The second-order valence-electron chi connectivity index (χ2n) is 5.49. The van der Waals surface area contributed by atoms with Gasteiger partial charge in [-0.15, -0.1) is 5.10 Å². The molecular weight excluding hydrogens is 242 g/mol. The molecule has 7 heteroatoms. The fourth-order valence-electron chi connectivity index (χ4n) is 1.87. The zero-order valence-electron chi connectivity index (χ0n) is 11.3. The van der Waals surface area contributed by atoms with Crippen LogP contribution in [0.2, 0.25) is 0 Å². The lowest BCUT2D eigenvalue weighted by atomic mass is 9.95. The van der Waals surface area contributed by atoms with Crippen LogP contribution in [0.1, 0.15) is 26.6 Å². The Morgan fingerprint density at radius 2 is 2.00 bits per heavy atom. The Morgan fingerprint density at radius 3 is 2.63 bits per heavy atom. The van der Waals surface area contributed by atoms with E-state index in [9.17, 15) is 0 Å². The van der Waals surface area contributed by atoms with Gasteiger partial charge < -0.3 is 0 Å². The second kappa shape index (κ2) is 3.84. The van der Waals surface area contributed by atoms with Crippen molar-refractivity contribution in [3.63, 3.8) is 0 Å². The Kier molecular flexibility index (Phi) is 2.38. The predicted octanol–water partition coefficient (Wildman–Crippen LogP) is 1.45. The lowest BCUT2D eigenvalue weighted by Gasteiger charge is -2.17. The summed E-state index contributed by atoms with van der Waals surface area (Å²) < 4.78 is 1.77. The van der Waals surface area contributed by atoms with E-state index in [0.717, 1.165) is 17.2 Å². The lowest BCUT2D eigenvalue weighted by Crippen LogP contribution is -2.17. The third-order valence-corrected chi connectivity index (χ3v) is 2.92. The zero-order valence-corrected chi connectivity index (χ0v) is 11.3. The maximum Gasteiger partial charge on any atom is 0.180 e. The van der Waals surface area contributed by atoms with Gasteiger partial charge in [0, 0.05) is 18.7 Å². The fraction of sp³-hybridized carbons (Fsp3) is 0.417. The van der Waals surface area contributed by atoms with Gasteiger partial charge in [0.2, 0.25) is 0 Å². The number of aryl methyl sites for hydroxylation is 1. The van der Waals surface area contributed by atoms with E-state index in [1.165, 1.54) is 0 Å². The molecule has 3 rings (SSSR count). The topological polar surface area (TPSA) is 85.2 Å². The number of aromatic nitrogens is 7. The number of rotatable bonds is 1. The van der Waals surface area contributed by atoms with Crippen LogP contribution in [0.5, 0.6) is 0 Å². The van der Waals surface area contributed by atoms with Crippen LogP contribution in [0.25, 0.3) is 22.6 Å². The van der Waals surface area contributed by atoms with E-state index >= 15 is 0 Å². The summed E-state index contributed by atoms with van der Waals surface area (Å²) in [6, 6.07) is 1.91. The first-order chi connectivity index (χ1) is 8.97. The van der Waals surface area contributed by atoms with Gasteiger partial charge in [0.15, 0.2) is 11.2 Å². The maximum atomic E-state index is 4.65. The van der Waals surface area contributed by atoms with E-state index in [-0.39, 0.29) is 5.41 Å². The smallest absolute Gasteiger partial charge is 0.180 e. The Balaban J connectivity index is 2.34. The minimum atomic E-state index is -0.146. The first-order valence-electron chi connectivity index (χ1n) is 6.04. The number of hydrogen-bond acceptors (Lipinski definition) is 5. The van der Waals surface area contributed by atoms with Crippen molar-refractivity contribution in [1.29, 1.82) is 0 Å². The van der Waals surface area contributed by atoms with Gasteiger partial charge in [0.1, 0.15) is 11.5 Å². The lowest BCUT2D eigenvalue weighted by molar-refractivity contribution is 0.548. The Morgan fingerprint density at radius 1 is 1.21 bits per heavy atom. The van der Waals surface area contributed by atoms with Gasteiger partial charge in [-0.3, -0.25) is 4.68 Å². The van der Waals surface area contributed by atoms with Crippen molar-refractivity contribution < 1.29 is 0 Å². The monoisotopic (exact) mass is 257 g/mol. The normalized spacial score (nSPS) is 12.2. The van der Waals surface area contributed by atoms with Crippen LogP contribution in [-0.4, -0.2) is 35.2 Å². The third-order valence-electron chi connectivity index (χ3n) is 2.92. The van der Waals surface area contributed by atoms with Gasteiger partial charge in [0.05, 0.1) is 5.69 Å². The van der Waals surface area contributed by atoms with E-state index in [4.69, 9.17) is 0 Å². The molecule has 0 saturated carbocycles. The van der Waals surface area contributed by atoms with Crippen molar-refractivity contribution >= 4 is 11.2 Å². The predicted molar refractivity (Wildman–Crippen MR) is 70.4 cm³/mol. The molecule has 3 aromatic heterocycles. The largest absolute Gasteiger partial charge is 0.266 e. The number of nitrogens with zero attached hydrogens (tertiary/aromatic N) is 6. The van der Waals surface area contributed by atoms with E-state index in [1.807, 2.05) is 13.1 Å². The highest BCUT2D eigenvalue weighted by atomic mass is 15.3. The standard InChI is InChI=1S/C12H15N7/c1-12(2,3)11-14-8(7-5-6-13-19(7)4)9-10(15-11)17-18-16-9/h5-6H,1-4H3,(H,14,15,16,17,18). The van der Waals surface area contributed by atoms with Gasteiger partial charge >= 0.3 is 0 Å². The summed E-state index contributed by atoms with van der Waals surface area (Å²) in [5.74, 6) is 0.752. The first kappa shape index (κ1) is 11.8. The third kappa shape index (κ3) is 1.87. The summed E-state index contributed by atoms with van der Waals surface area (Å²) in [6.07, 6.45) is 1.74. The minimum absolute atomic E-state index is 0.146. The Labute approximate surface area is 110 Å². The highest BCUT2D eigenvalue weighted by Gasteiger charge is 2.22. The van der Waals surface area contributed by atoms with Gasteiger partial charge in [-0.05, 0) is 6.07 Å². The van der Waals surface area contributed by atoms with E-state index in [0.29, 0.717) is 11.2 Å². The molecule has 0 aliphatic heterocycles. The van der Waals surface area contributed by atoms with Gasteiger partial charge in [-0.1, -0.05) is 26.0 Å². The van der Waals surface area contributed by atoms with Crippen LogP contribution in [0.3, 0.4) is 0 Å². The van der Waals surface area contributed by atoms with E-state index in [1.54, 1.807) is 10.9 Å². The first-order valence-corrected chi connectivity index (χ1v) is 6.04. The molecule has 19 heavy (non-hydrogen) atoms. The molecule has 0 aromatic carbocycles. The number of nitrogens with one attached hydrogen (secondary N) is 1. The molecule has 0 aliphatic carbocycles. The molecule has 0 saturated heterocycles. The van der Waals surface area contributed by atoms with E-state index < -0.39 is 0 Å². The molecule has 0 unspecified atom stereocenters. The van der Waals surface area contributed by atoms with Gasteiger partial charge in [0.25, 0.3) is 0 Å². The Hall–Kier alpha value is -2.31. The molecule has 0 aliphatic rings. The fourth-order valence-corrected chi connectivity index (χ4v) is 1.87. The van der Waals surface area contributed by atoms with Crippen molar-refractivity contribution in [2.45, 2.75) is 26.2 Å². The van der Waals surface area contributed by atoms with Crippen LogP contribution in [-0.2, 0) is 12.5 Å². The van der Waals surface area contributed by atoms with Crippen LogP contribution in [0.15, 0.2) is 12.3 Å².